The highest BCUT2D eigenvalue weighted by Gasteiger charge is 2.30. The predicted octanol–water partition coefficient (Wildman–Crippen LogP) is 1.44. The van der Waals surface area contributed by atoms with Crippen molar-refractivity contribution in [3.8, 4) is 0 Å². The average Bonchev–Trinajstić information content (AvgIpc) is 2.79. The Hall–Kier alpha value is -1.40. The smallest absolute Gasteiger partial charge is 0.225 e. The lowest BCUT2D eigenvalue weighted by atomic mass is 10.2. The van der Waals surface area contributed by atoms with E-state index in [2.05, 4.69) is 5.32 Å². The molecular weight excluding hydrogens is 288 g/mol. The Kier molecular flexibility index (Phi) is 5.00. The molecule has 1 fully saturated rings. The van der Waals surface area contributed by atoms with Crippen molar-refractivity contribution in [2.24, 2.45) is 0 Å². The quantitative estimate of drug-likeness (QED) is 0.894. The first-order valence-electron chi connectivity index (χ1n) is 7.13. The molecule has 1 heterocycles. The minimum Gasteiger partial charge on any atom is -0.326 e. The third kappa shape index (κ3) is 4.82. The third-order valence-corrected chi connectivity index (χ3v) is 5.61. The molecule has 1 aromatic rings. The fraction of sp³-hybridized carbons (Fsp3) is 0.533. The number of carbonyl (C=O) groups is 1. The van der Waals surface area contributed by atoms with Gasteiger partial charge < -0.3 is 10.2 Å². The van der Waals surface area contributed by atoms with E-state index in [9.17, 15) is 13.2 Å². The van der Waals surface area contributed by atoms with Crippen LogP contribution in [0.1, 0.15) is 18.4 Å². The lowest BCUT2D eigenvalue weighted by Gasteiger charge is -2.22. The van der Waals surface area contributed by atoms with Crippen LogP contribution in [0, 0.1) is 6.92 Å². The van der Waals surface area contributed by atoms with Crippen molar-refractivity contribution in [1.82, 2.24) is 4.90 Å². The molecule has 1 N–H and O–H groups in total. The predicted molar refractivity (Wildman–Crippen MR) is 84.1 cm³/mol. The highest BCUT2D eigenvalue weighted by molar-refractivity contribution is 7.91. The molecule has 1 atom stereocenters. The van der Waals surface area contributed by atoms with Crippen molar-refractivity contribution in [1.29, 1.82) is 0 Å². The fourth-order valence-corrected chi connectivity index (χ4v) is 4.25. The van der Waals surface area contributed by atoms with Crippen molar-refractivity contribution >= 4 is 21.4 Å². The number of sulfone groups is 1. The minimum absolute atomic E-state index is 0.0437. The van der Waals surface area contributed by atoms with E-state index in [0.717, 1.165) is 11.3 Å². The van der Waals surface area contributed by atoms with E-state index < -0.39 is 9.84 Å². The van der Waals surface area contributed by atoms with Crippen LogP contribution in [0.2, 0.25) is 0 Å². The number of amides is 1. The van der Waals surface area contributed by atoms with E-state index in [1.165, 1.54) is 0 Å². The van der Waals surface area contributed by atoms with E-state index in [0.29, 0.717) is 19.4 Å². The van der Waals surface area contributed by atoms with Gasteiger partial charge in [-0.3, -0.25) is 4.79 Å². The SMILES string of the molecule is Cc1ccc(NC(=O)CCN(C)C2CCS(=O)(=O)C2)cc1. The summed E-state index contributed by atoms with van der Waals surface area (Å²) in [6.45, 7) is 2.56. The van der Waals surface area contributed by atoms with Gasteiger partial charge >= 0.3 is 0 Å². The second-order valence-electron chi connectivity index (χ2n) is 5.70. The Labute approximate surface area is 126 Å². The Morgan fingerprint density at radius 3 is 2.57 bits per heavy atom. The maximum atomic E-state index is 11.9. The molecule has 1 amide bonds. The molecule has 21 heavy (non-hydrogen) atoms. The summed E-state index contributed by atoms with van der Waals surface area (Å²) in [7, 11) is -0.994. The van der Waals surface area contributed by atoms with E-state index in [4.69, 9.17) is 0 Å². The maximum absolute atomic E-state index is 11.9. The summed E-state index contributed by atoms with van der Waals surface area (Å²) in [5.74, 6) is 0.423. The van der Waals surface area contributed by atoms with Crippen LogP contribution >= 0.6 is 0 Å². The topological polar surface area (TPSA) is 66.5 Å². The standard InChI is InChI=1S/C15H22N2O3S/c1-12-3-5-13(6-4-12)16-15(18)7-9-17(2)14-8-10-21(19,20)11-14/h3-6,14H,7-11H2,1-2H3,(H,16,18). The zero-order chi connectivity index (χ0) is 15.5. The van der Waals surface area contributed by atoms with Gasteiger partial charge in [-0.05, 0) is 32.5 Å². The number of anilines is 1. The van der Waals surface area contributed by atoms with Gasteiger partial charge in [0.2, 0.25) is 5.91 Å². The van der Waals surface area contributed by atoms with Crippen LogP contribution in [0.25, 0.3) is 0 Å². The zero-order valence-corrected chi connectivity index (χ0v) is 13.3. The minimum atomic E-state index is -2.87. The van der Waals surface area contributed by atoms with Gasteiger partial charge in [0.15, 0.2) is 9.84 Å². The number of hydrogen-bond acceptors (Lipinski definition) is 4. The molecule has 0 aromatic heterocycles. The monoisotopic (exact) mass is 310 g/mol. The first-order chi connectivity index (χ1) is 9.85. The van der Waals surface area contributed by atoms with E-state index in [-0.39, 0.29) is 23.5 Å². The highest BCUT2D eigenvalue weighted by Crippen LogP contribution is 2.16. The summed E-state index contributed by atoms with van der Waals surface area (Å²) in [6.07, 6.45) is 1.03. The van der Waals surface area contributed by atoms with Gasteiger partial charge in [-0.2, -0.15) is 0 Å². The van der Waals surface area contributed by atoms with Crippen molar-refractivity contribution in [2.75, 3.05) is 30.4 Å². The molecule has 2 rings (SSSR count). The Morgan fingerprint density at radius 2 is 2.00 bits per heavy atom. The molecular formula is C15H22N2O3S. The molecule has 116 valence electrons. The highest BCUT2D eigenvalue weighted by atomic mass is 32.2. The second kappa shape index (κ2) is 6.58. The molecule has 1 saturated heterocycles. The normalized spacial score (nSPS) is 20.6. The summed E-state index contributed by atoms with van der Waals surface area (Å²) in [4.78, 5) is 13.9. The first-order valence-corrected chi connectivity index (χ1v) is 8.95. The second-order valence-corrected chi connectivity index (χ2v) is 7.93. The summed E-state index contributed by atoms with van der Waals surface area (Å²) < 4.78 is 22.9. The molecule has 1 aliphatic heterocycles. The lowest BCUT2D eigenvalue weighted by molar-refractivity contribution is -0.116. The van der Waals surface area contributed by atoms with Crippen LogP contribution < -0.4 is 5.32 Å². The van der Waals surface area contributed by atoms with Crippen LogP contribution in [0.15, 0.2) is 24.3 Å². The first kappa shape index (κ1) is 16.0. The van der Waals surface area contributed by atoms with E-state index in [1.807, 2.05) is 43.1 Å². The molecule has 5 nitrogen and oxygen atoms in total. The molecule has 1 unspecified atom stereocenters. The summed E-state index contributed by atoms with van der Waals surface area (Å²) in [5.41, 5.74) is 1.94. The van der Waals surface area contributed by atoms with Gasteiger partial charge in [0.05, 0.1) is 11.5 Å². The van der Waals surface area contributed by atoms with Crippen molar-refractivity contribution in [3.05, 3.63) is 29.8 Å². The number of rotatable bonds is 5. The zero-order valence-electron chi connectivity index (χ0n) is 12.5. The van der Waals surface area contributed by atoms with E-state index >= 15 is 0 Å². The molecule has 0 aliphatic carbocycles. The van der Waals surface area contributed by atoms with Gasteiger partial charge in [0.1, 0.15) is 0 Å². The summed E-state index contributed by atoms with van der Waals surface area (Å²) >= 11 is 0. The van der Waals surface area contributed by atoms with Crippen molar-refractivity contribution in [3.63, 3.8) is 0 Å². The number of benzene rings is 1. The molecule has 0 bridgehead atoms. The molecule has 0 radical (unpaired) electrons. The largest absolute Gasteiger partial charge is 0.326 e. The molecule has 6 heteroatoms. The van der Waals surface area contributed by atoms with Crippen LogP contribution in [-0.2, 0) is 14.6 Å². The van der Waals surface area contributed by atoms with Crippen LogP contribution in [0.3, 0.4) is 0 Å². The lowest BCUT2D eigenvalue weighted by Crippen LogP contribution is -2.35. The third-order valence-electron chi connectivity index (χ3n) is 3.86. The van der Waals surface area contributed by atoms with Gasteiger partial charge in [0.25, 0.3) is 0 Å². The number of nitrogens with one attached hydrogen (secondary N) is 1. The fourth-order valence-electron chi connectivity index (χ4n) is 2.44. The Balaban J connectivity index is 1.77. The van der Waals surface area contributed by atoms with Crippen LogP contribution in [-0.4, -0.2) is 50.4 Å². The average molecular weight is 310 g/mol. The molecule has 0 spiro atoms. The van der Waals surface area contributed by atoms with E-state index in [1.54, 1.807) is 0 Å². The van der Waals surface area contributed by atoms with Crippen molar-refractivity contribution < 1.29 is 13.2 Å². The van der Waals surface area contributed by atoms with Gasteiger partial charge in [-0.25, -0.2) is 8.42 Å². The number of carbonyl (C=O) groups excluding carboxylic acids is 1. The van der Waals surface area contributed by atoms with Crippen LogP contribution in [0.4, 0.5) is 5.69 Å². The molecule has 1 aromatic carbocycles. The van der Waals surface area contributed by atoms with Gasteiger partial charge in [-0.15, -0.1) is 0 Å². The molecule has 0 saturated carbocycles. The van der Waals surface area contributed by atoms with Crippen LogP contribution in [0.5, 0.6) is 0 Å². The van der Waals surface area contributed by atoms with Gasteiger partial charge in [0, 0.05) is 24.7 Å². The molecule has 1 aliphatic rings. The number of aryl methyl sites for hydroxylation is 1. The summed E-state index contributed by atoms with van der Waals surface area (Å²) in [6, 6.07) is 7.69. The van der Waals surface area contributed by atoms with Crippen molar-refractivity contribution in [2.45, 2.75) is 25.8 Å². The van der Waals surface area contributed by atoms with Gasteiger partial charge in [-0.1, -0.05) is 17.7 Å². The maximum Gasteiger partial charge on any atom is 0.225 e. The Morgan fingerprint density at radius 1 is 1.33 bits per heavy atom. The number of nitrogens with zero attached hydrogens (tertiary/aromatic N) is 1. The number of hydrogen-bond donors (Lipinski definition) is 1. The Bertz CT molecular complexity index is 596. The summed E-state index contributed by atoms with van der Waals surface area (Å²) in [5, 5.41) is 2.85.